The topological polar surface area (TPSA) is 40.5 Å². The summed E-state index contributed by atoms with van der Waals surface area (Å²) >= 11 is 0. The Morgan fingerprint density at radius 1 is 1.23 bits per heavy atom. The van der Waals surface area contributed by atoms with Gasteiger partial charge < -0.3 is 10.0 Å². The molecule has 1 N–H and O–H groups in total. The number of carbonyl (C=O) groups is 1. The van der Waals surface area contributed by atoms with Gasteiger partial charge >= 0.3 is 12.1 Å². The average Bonchev–Trinajstić information content (AvgIpc) is 3.09. The van der Waals surface area contributed by atoms with E-state index in [0.29, 0.717) is 11.0 Å². The molecular weight excluding hydrogens is 295 g/mol. The molecule has 0 aromatic carbocycles. The summed E-state index contributed by atoms with van der Waals surface area (Å²) in [5.41, 5.74) is 1.31. The SMILES string of the molecule is CC[C@@]12CCC[C@]1(N(C)C)[C@H]1CC[C@@H]2C1.O=C(O)C(F)(F)F. The Morgan fingerprint density at radius 2 is 1.77 bits per heavy atom. The number of rotatable bonds is 2. The van der Waals surface area contributed by atoms with E-state index in [2.05, 4.69) is 25.9 Å². The molecular formula is C16H26F3NO2. The summed E-state index contributed by atoms with van der Waals surface area (Å²) in [6.07, 6.45) is 5.42. The van der Waals surface area contributed by atoms with E-state index in [1.54, 1.807) is 6.42 Å². The minimum atomic E-state index is -5.08. The predicted octanol–water partition coefficient (Wildman–Crippen LogP) is 3.93. The Kier molecular flexibility index (Phi) is 4.55. The number of carboxylic acids is 1. The minimum Gasteiger partial charge on any atom is -0.475 e. The Labute approximate surface area is 129 Å². The third-order valence-corrected chi connectivity index (χ3v) is 6.60. The number of carboxylic acid groups (broad SMARTS) is 1. The first-order valence-electron chi connectivity index (χ1n) is 8.09. The summed E-state index contributed by atoms with van der Waals surface area (Å²) in [5.74, 6) is -0.662. The van der Waals surface area contributed by atoms with Gasteiger partial charge in [0.25, 0.3) is 0 Å². The van der Waals surface area contributed by atoms with E-state index in [9.17, 15) is 13.2 Å². The van der Waals surface area contributed by atoms with Crippen molar-refractivity contribution in [2.24, 2.45) is 17.3 Å². The van der Waals surface area contributed by atoms with Crippen LogP contribution in [0.15, 0.2) is 0 Å². The highest BCUT2D eigenvalue weighted by molar-refractivity contribution is 5.73. The first-order valence-corrected chi connectivity index (χ1v) is 8.09. The van der Waals surface area contributed by atoms with E-state index in [-0.39, 0.29) is 0 Å². The van der Waals surface area contributed by atoms with Crippen molar-refractivity contribution in [1.29, 1.82) is 0 Å². The summed E-state index contributed by atoms with van der Waals surface area (Å²) < 4.78 is 31.7. The lowest BCUT2D eigenvalue weighted by atomic mass is 9.61. The zero-order valence-corrected chi connectivity index (χ0v) is 13.5. The number of fused-ring (bicyclic) bond motifs is 5. The van der Waals surface area contributed by atoms with Crippen LogP contribution in [0.3, 0.4) is 0 Å². The molecule has 0 aliphatic heterocycles. The molecule has 0 unspecified atom stereocenters. The van der Waals surface area contributed by atoms with E-state index in [1.165, 1.54) is 38.5 Å². The zero-order valence-electron chi connectivity index (χ0n) is 13.5. The summed E-state index contributed by atoms with van der Waals surface area (Å²) in [5, 5.41) is 7.12. The van der Waals surface area contributed by atoms with Crippen LogP contribution in [0.2, 0.25) is 0 Å². The standard InChI is InChI=1S/C14H25N.C2HF3O2/c1-4-13-8-5-9-14(13,15(2)3)12-7-6-11(13)10-12;3-2(4,5)1(6)7/h11-12H,4-10H2,1-3H3;(H,6,7)/t11-,12+,13+,14+;/m1./s1. The summed E-state index contributed by atoms with van der Waals surface area (Å²) in [7, 11) is 4.69. The molecule has 3 rings (SSSR count). The lowest BCUT2D eigenvalue weighted by Gasteiger charge is -2.53. The normalized spacial score (nSPS) is 39.6. The molecule has 128 valence electrons. The molecule has 3 aliphatic rings. The fourth-order valence-corrected chi connectivity index (χ4v) is 6.03. The van der Waals surface area contributed by atoms with Gasteiger partial charge in [0.15, 0.2) is 0 Å². The number of halogens is 3. The molecule has 3 saturated carbocycles. The highest BCUT2D eigenvalue weighted by Gasteiger charge is 2.68. The van der Waals surface area contributed by atoms with Crippen LogP contribution in [-0.2, 0) is 4.79 Å². The van der Waals surface area contributed by atoms with Crippen molar-refractivity contribution in [3.05, 3.63) is 0 Å². The van der Waals surface area contributed by atoms with Crippen molar-refractivity contribution in [3.63, 3.8) is 0 Å². The third kappa shape index (κ3) is 2.34. The Balaban J connectivity index is 0.000000217. The van der Waals surface area contributed by atoms with Crippen molar-refractivity contribution in [2.45, 2.75) is 63.6 Å². The number of alkyl halides is 3. The highest BCUT2D eigenvalue weighted by Crippen LogP contribution is 2.71. The van der Waals surface area contributed by atoms with Gasteiger partial charge in [-0.3, -0.25) is 0 Å². The molecule has 6 heteroatoms. The largest absolute Gasteiger partial charge is 0.490 e. The molecule has 2 bridgehead atoms. The second-order valence-electron chi connectivity index (χ2n) is 7.19. The Hall–Kier alpha value is -0.780. The van der Waals surface area contributed by atoms with E-state index in [4.69, 9.17) is 9.90 Å². The molecule has 3 aliphatic carbocycles. The second-order valence-corrected chi connectivity index (χ2v) is 7.19. The van der Waals surface area contributed by atoms with Crippen molar-refractivity contribution >= 4 is 5.97 Å². The molecule has 3 nitrogen and oxygen atoms in total. The second kappa shape index (κ2) is 5.69. The van der Waals surface area contributed by atoms with Crippen LogP contribution in [0.25, 0.3) is 0 Å². The van der Waals surface area contributed by atoms with Crippen LogP contribution in [0.5, 0.6) is 0 Å². The monoisotopic (exact) mass is 321 g/mol. The van der Waals surface area contributed by atoms with Crippen LogP contribution < -0.4 is 0 Å². The molecule has 0 spiro atoms. The van der Waals surface area contributed by atoms with Gasteiger partial charge in [-0.1, -0.05) is 13.3 Å². The van der Waals surface area contributed by atoms with E-state index >= 15 is 0 Å². The number of aliphatic carboxylic acids is 1. The molecule has 0 radical (unpaired) electrons. The van der Waals surface area contributed by atoms with Crippen molar-refractivity contribution in [3.8, 4) is 0 Å². The Morgan fingerprint density at radius 3 is 2.18 bits per heavy atom. The zero-order chi connectivity index (χ0) is 16.8. The van der Waals surface area contributed by atoms with Crippen LogP contribution in [0.4, 0.5) is 13.2 Å². The van der Waals surface area contributed by atoms with Gasteiger partial charge in [-0.2, -0.15) is 13.2 Å². The highest BCUT2D eigenvalue weighted by atomic mass is 19.4. The predicted molar refractivity (Wildman–Crippen MR) is 77.5 cm³/mol. The maximum absolute atomic E-state index is 10.6. The first-order chi connectivity index (χ1) is 10.1. The molecule has 22 heavy (non-hydrogen) atoms. The van der Waals surface area contributed by atoms with Gasteiger partial charge in [-0.25, -0.2) is 4.79 Å². The van der Waals surface area contributed by atoms with Crippen LogP contribution in [0.1, 0.15) is 51.9 Å². The third-order valence-electron chi connectivity index (χ3n) is 6.60. The maximum Gasteiger partial charge on any atom is 0.490 e. The van der Waals surface area contributed by atoms with Crippen LogP contribution >= 0.6 is 0 Å². The molecule has 0 aromatic rings. The summed E-state index contributed by atoms with van der Waals surface area (Å²) in [4.78, 5) is 11.5. The van der Waals surface area contributed by atoms with E-state index in [0.717, 1.165) is 11.8 Å². The van der Waals surface area contributed by atoms with Crippen LogP contribution in [-0.4, -0.2) is 41.8 Å². The van der Waals surface area contributed by atoms with Gasteiger partial charge in [0, 0.05) is 5.54 Å². The molecule has 0 amide bonds. The Bertz CT molecular complexity index is 438. The van der Waals surface area contributed by atoms with Gasteiger partial charge in [0.1, 0.15) is 0 Å². The van der Waals surface area contributed by atoms with E-state index in [1.807, 2.05) is 0 Å². The van der Waals surface area contributed by atoms with E-state index < -0.39 is 12.1 Å². The first kappa shape index (κ1) is 17.6. The quantitative estimate of drug-likeness (QED) is 0.838. The summed E-state index contributed by atoms with van der Waals surface area (Å²) in [6.45, 7) is 2.45. The fraction of sp³-hybridized carbons (Fsp3) is 0.938. The fourth-order valence-electron chi connectivity index (χ4n) is 6.03. The molecule has 0 aromatic heterocycles. The molecule has 4 atom stereocenters. The number of hydrogen-bond acceptors (Lipinski definition) is 2. The van der Waals surface area contributed by atoms with Crippen molar-refractivity contribution < 1.29 is 23.1 Å². The minimum absolute atomic E-state index is 0.602. The van der Waals surface area contributed by atoms with Crippen LogP contribution in [0, 0.1) is 17.3 Å². The lowest BCUT2D eigenvalue weighted by molar-refractivity contribution is -0.192. The van der Waals surface area contributed by atoms with Gasteiger partial charge in [0.2, 0.25) is 0 Å². The van der Waals surface area contributed by atoms with Gasteiger partial charge in [-0.05, 0) is 69.9 Å². The van der Waals surface area contributed by atoms with Gasteiger partial charge in [-0.15, -0.1) is 0 Å². The molecule has 0 heterocycles. The molecule has 0 saturated heterocycles. The summed E-state index contributed by atoms with van der Waals surface area (Å²) in [6, 6.07) is 0. The number of hydrogen-bond donors (Lipinski definition) is 1. The molecule has 3 fully saturated rings. The smallest absolute Gasteiger partial charge is 0.475 e. The maximum atomic E-state index is 10.6. The van der Waals surface area contributed by atoms with Crippen molar-refractivity contribution in [1.82, 2.24) is 4.90 Å². The lowest BCUT2D eigenvalue weighted by Crippen LogP contribution is -2.57. The number of nitrogens with zero attached hydrogens (tertiary/aromatic N) is 1. The average molecular weight is 321 g/mol. The van der Waals surface area contributed by atoms with Crippen molar-refractivity contribution in [2.75, 3.05) is 14.1 Å². The van der Waals surface area contributed by atoms with Gasteiger partial charge in [0.05, 0.1) is 0 Å².